The summed E-state index contributed by atoms with van der Waals surface area (Å²) in [6.07, 6.45) is 12.8. The van der Waals surface area contributed by atoms with Crippen LogP contribution in [0, 0.1) is 35.3 Å². The lowest BCUT2D eigenvalue weighted by atomic mass is 9.68. The highest BCUT2D eigenvalue weighted by atomic mass is 19.3. The molecule has 5 rings (SSSR count). The molecule has 0 heterocycles. The molecule has 0 aliphatic heterocycles. The SMILES string of the molecule is CCCCCC1CCC(c2ccc(C3CCC(C4CCC(C(F)(F)Oc5ccc(OCCF)c(F)c5)CC4)CC3)c(F)c2)CC1. The van der Waals surface area contributed by atoms with Gasteiger partial charge in [-0.15, -0.1) is 0 Å². The van der Waals surface area contributed by atoms with Gasteiger partial charge in [-0.2, -0.15) is 8.78 Å². The van der Waals surface area contributed by atoms with E-state index in [1.54, 1.807) is 0 Å². The maximum atomic E-state index is 15.4. The second kappa shape index (κ2) is 16.0. The van der Waals surface area contributed by atoms with Gasteiger partial charge in [0, 0.05) is 6.07 Å². The van der Waals surface area contributed by atoms with Crippen molar-refractivity contribution in [3.05, 3.63) is 59.2 Å². The molecule has 0 spiro atoms. The lowest BCUT2D eigenvalue weighted by Gasteiger charge is -2.39. The summed E-state index contributed by atoms with van der Waals surface area (Å²) in [6.45, 7) is 1.18. The van der Waals surface area contributed by atoms with E-state index < -0.39 is 24.5 Å². The van der Waals surface area contributed by atoms with Crippen LogP contribution in [0.25, 0.3) is 0 Å². The maximum Gasteiger partial charge on any atom is 0.400 e. The van der Waals surface area contributed by atoms with Crippen molar-refractivity contribution in [1.82, 2.24) is 0 Å². The Morgan fingerprint density at radius 3 is 2.02 bits per heavy atom. The summed E-state index contributed by atoms with van der Waals surface area (Å²) < 4.78 is 81.8. The van der Waals surface area contributed by atoms with Crippen LogP contribution >= 0.6 is 0 Å². The van der Waals surface area contributed by atoms with Crippen molar-refractivity contribution in [3.8, 4) is 11.5 Å². The predicted molar refractivity (Wildman–Crippen MR) is 169 cm³/mol. The molecule has 2 nitrogen and oxygen atoms in total. The van der Waals surface area contributed by atoms with Crippen molar-refractivity contribution in [1.29, 1.82) is 0 Å². The Morgan fingerprint density at radius 2 is 1.40 bits per heavy atom. The molecule has 0 N–H and O–H groups in total. The van der Waals surface area contributed by atoms with E-state index in [-0.39, 0.29) is 29.8 Å². The first-order chi connectivity index (χ1) is 21.8. The summed E-state index contributed by atoms with van der Waals surface area (Å²) >= 11 is 0. The molecule has 3 aliphatic carbocycles. The first-order valence-corrected chi connectivity index (χ1v) is 17.6. The Bertz CT molecular complexity index is 1190. The number of hydrogen-bond donors (Lipinski definition) is 0. The molecule has 2 aromatic rings. The van der Waals surface area contributed by atoms with E-state index in [0.717, 1.165) is 43.2 Å². The molecule has 0 amide bonds. The number of ether oxygens (including phenoxy) is 2. The number of unbranched alkanes of at least 4 members (excludes halogenated alkanes) is 2. The molecule has 0 aromatic heterocycles. The van der Waals surface area contributed by atoms with Crippen molar-refractivity contribution >= 4 is 0 Å². The van der Waals surface area contributed by atoms with Crippen LogP contribution in [-0.4, -0.2) is 19.4 Å². The highest BCUT2D eigenvalue weighted by Crippen LogP contribution is 2.48. The summed E-state index contributed by atoms with van der Waals surface area (Å²) in [6, 6.07) is 9.32. The highest BCUT2D eigenvalue weighted by Gasteiger charge is 2.45. The van der Waals surface area contributed by atoms with Crippen molar-refractivity contribution in [2.75, 3.05) is 13.3 Å². The Morgan fingerprint density at radius 1 is 0.733 bits per heavy atom. The molecule has 0 unspecified atom stereocenters. The third-order valence-corrected chi connectivity index (χ3v) is 11.2. The second-order valence-corrected chi connectivity index (χ2v) is 14.0. The zero-order valence-electron chi connectivity index (χ0n) is 26.9. The van der Waals surface area contributed by atoms with Gasteiger partial charge >= 0.3 is 6.11 Å². The van der Waals surface area contributed by atoms with Gasteiger partial charge in [-0.25, -0.2) is 13.2 Å². The number of alkyl halides is 3. The van der Waals surface area contributed by atoms with E-state index >= 15 is 13.2 Å². The van der Waals surface area contributed by atoms with Crippen LogP contribution in [0.2, 0.25) is 0 Å². The largest absolute Gasteiger partial charge is 0.488 e. The van der Waals surface area contributed by atoms with Gasteiger partial charge in [-0.3, -0.25) is 0 Å². The van der Waals surface area contributed by atoms with Crippen molar-refractivity contribution in [2.24, 2.45) is 23.7 Å². The minimum atomic E-state index is -3.41. The average molecular weight is 635 g/mol. The van der Waals surface area contributed by atoms with Gasteiger partial charge in [-0.05, 0) is 136 Å². The Balaban J connectivity index is 1.06. The topological polar surface area (TPSA) is 18.5 Å². The molecular weight excluding hydrogens is 583 g/mol. The van der Waals surface area contributed by atoms with E-state index in [9.17, 15) is 8.78 Å². The first-order valence-electron chi connectivity index (χ1n) is 17.6. The zero-order chi connectivity index (χ0) is 31.8. The molecule has 3 aliphatic rings. The van der Waals surface area contributed by atoms with Crippen LogP contribution in [0.5, 0.6) is 11.5 Å². The van der Waals surface area contributed by atoms with Crippen LogP contribution in [0.1, 0.15) is 133 Å². The van der Waals surface area contributed by atoms with Gasteiger partial charge in [0.15, 0.2) is 11.6 Å². The molecular formula is C38H51F5O2. The molecule has 0 bridgehead atoms. The van der Waals surface area contributed by atoms with Crippen molar-refractivity contribution in [2.45, 2.75) is 128 Å². The second-order valence-electron chi connectivity index (χ2n) is 14.0. The van der Waals surface area contributed by atoms with Gasteiger partial charge in [0.05, 0.1) is 5.92 Å². The Labute approximate surface area is 266 Å². The normalized spacial score (nSPS) is 27.7. The number of rotatable bonds is 13. The summed E-state index contributed by atoms with van der Waals surface area (Å²) in [7, 11) is 0. The molecule has 0 saturated heterocycles. The summed E-state index contributed by atoms with van der Waals surface area (Å²) in [5, 5.41) is 0. The molecule has 45 heavy (non-hydrogen) atoms. The molecule has 0 radical (unpaired) electrons. The lowest BCUT2D eigenvalue weighted by molar-refractivity contribution is -0.224. The van der Waals surface area contributed by atoms with Gasteiger partial charge in [0.1, 0.15) is 24.8 Å². The van der Waals surface area contributed by atoms with Crippen LogP contribution in [0.4, 0.5) is 22.0 Å². The minimum Gasteiger partial charge on any atom is -0.488 e. The number of benzene rings is 2. The quantitative estimate of drug-likeness (QED) is 0.161. The van der Waals surface area contributed by atoms with Gasteiger partial charge in [-0.1, -0.05) is 44.7 Å². The monoisotopic (exact) mass is 634 g/mol. The van der Waals surface area contributed by atoms with Gasteiger partial charge < -0.3 is 9.47 Å². The molecule has 3 saturated carbocycles. The lowest BCUT2D eigenvalue weighted by Crippen LogP contribution is -2.38. The van der Waals surface area contributed by atoms with Crippen LogP contribution < -0.4 is 9.47 Å². The van der Waals surface area contributed by atoms with Crippen LogP contribution in [0.15, 0.2) is 36.4 Å². The molecule has 250 valence electrons. The molecule has 0 atom stereocenters. The average Bonchev–Trinajstić information content (AvgIpc) is 3.05. The third-order valence-electron chi connectivity index (χ3n) is 11.2. The minimum absolute atomic E-state index is 0.0504. The number of halogens is 5. The van der Waals surface area contributed by atoms with E-state index in [4.69, 9.17) is 9.47 Å². The standard InChI is InChI=1S/C38H51F5O2/c1-2-3-4-5-26-6-8-29(9-7-26)31-16-20-34(35(40)24-31)30-12-10-27(11-13-30)28-14-17-32(18-15-28)38(42,43)45-33-19-21-37(36(41)25-33)44-23-22-39/h16,19-21,24-30,32H,2-15,17-18,22-23H2,1H3. The summed E-state index contributed by atoms with van der Waals surface area (Å²) in [4.78, 5) is 0. The smallest absolute Gasteiger partial charge is 0.400 e. The van der Waals surface area contributed by atoms with Gasteiger partial charge in [0.25, 0.3) is 0 Å². The van der Waals surface area contributed by atoms with Gasteiger partial charge in [0.2, 0.25) is 0 Å². The predicted octanol–water partition coefficient (Wildman–Crippen LogP) is 11.9. The molecule has 7 heteroatoms. The molecule has 3 fully saturated rings. The number of hydrogen-bond acceptors (Lipinski definition) is 2. The van der Waals surface area contributed by atoms with E-state index in [2.05, 4.69) is 13.0 Å². The van der Waals surface area contributed by atoms with E-state index in [0.29, 0.717) is 43.4 Å². The summed E-state index contributed by atoms with van der Waals surface area (Å²) in [5.41, 5.74) is 2.02. The van der Waals surface area contributed by atoms with Crippen molar-refractivity contribution in [3.63, 3.8) is 0 Å². The fraction of sp³-hybridized carbons (Fsp3) is 0.684. The van der Waals surface area contributed by atoms with Crippen molar-refractivity contribution < 1.29 is 31.4 Å². The fourth-order valence-electron chi connectivity index (χ4n) is 8.48. The maximum absolute atomic E-state index is 15.4. The fourth-order valence-corrected chi connectivity index (χ4v) is 8.48. The van der Waals surface area contributed by atoms with E-state index in [1.165, 1.54) is 69.1 Å². The third kappa shape index (κ3) is 8.94. The first kappa shape index (κ1) is 34.0. The zero-order valence-corrected chi connectivity index (χ0v) is 26.9. The van der Waals surface area contributed by atoms with Crippen LogP contribution in [0.3, 0.4) is 0 Å². The summed E-state index contributed by atoms with van der Waals surface area (Å²) in [5.74, 6) is 0.135. The van der Waals surface area contributed by atoms with E-state index in [1.807, 2.05) is 12.1 Å². The van der Waals surface area contributed by atoms with Crippen LogP contribution in [-0.2, 0) is 0 Å². The Kier molecular flexibility index (Phi) is 12.1. The highest BCUT2D eigenvalue weighted by molar-refractivity contribution is 5.33. The molecule has 2 aromatic carbocycles. The Hall–Kier alpha value is -2.31.